The zero-order valence-electron chi connectivity index (χ0n) is 24.2. The van der Waals surface area contributed by atoms with Gasteiger partial charge in [0.05, 0.1) is 36.5 Å². The number of nitrogens with two attached hydrogens (primary N) is 1. The molecular formula is C29H35F3N6O5S. The molecular weight excluding hydrogens is 601 g/mol. The quantitative estimate of drug-likeness (QED) is 0.205. The van der Waals surface area contributed by atoms with Crippen LogP contribution < -0.4 is 21.1 Å². The number of nitrogens with one attached hydrogen (secondary N) is 2. The first-order chi connectivity index (χ1) is 21.0. The van der Waals surface area contributed by atoms with E-state index in [2.05, 4.69) is 22.2 Å². The lowest BCUT2D eigenvalue weighted by molar-refractivity contribution is -0.0893. The van der Waals surface area contributed by atoms with Crippen LogP contribution in [0.4, 0.5) is 18.9 Å². The molecule has 0 aliphatic carbocycles. The summed E-state index contributed by atoms with van der Waals surface area (Å²) in [7, 11) is -2.56. The van der Waals surface area contributed by atoms with E-state index in [1.807, 2.05) is 0 Å². The number of morpholine rings is 1. The van der Waals surface area contributed by atoms with Gasteiger partial charge in [0.25, 0.3) is 5.91 Å². The Morgan fingerprint density at radius 1 is 1.14 bits per heavy atom. The van der Waals surface area contributed by atoms with Crippen molar-refractivity contribution in [2.45, 2.75) is 30.5 Å². The number of guanidine groups is 1. The number of hydrogen-bond donors (Lipinski definition) is 3. The number of aliphatic imine (C=N–C) groups is 1. The third-order valence-electron chi connectivity index (χ3n) is 7.11. The van der Waals surface area contributed by atoms with Crippen molar-refractivity contribution in [3.63, 3.8) is 0 Å². The van der Waals surface area contributed by atoms with Crippen molar-refractivity contribution in [2.75, 3.05) is 51.8 Å². The number of carbonyl (C=O) groups excluding carboxylic acids is 1. The van der Waals surface area contributed by atoms with Crippen molar-refractivity contribution in [1.29, 1.82) is 0 Å². The summed E-state index contributed by atoms with van der Waals surface area (Å²) in [5.41, 5.74) is 5.72. The highest BCUT2D eigenvalue weighted by Crippen LogP contribution is 2.30. The van der Waals surface area contributed by atoms with E-state index in [9.17, 15) is 26.4 Å². The van der Waals surface area contributed by atoms with E-state index in [1.54, 1.807) is 17.0 Å². The predicted molar refractivity (Wildman–Crippen MR) is 160 cm³/mol. The average Bonchev–Trinajstić information content (AvgIpc) is 3.55. The van der Waals surface area contributed by atoms with Crippen LogP contribution in [0.5, 0.6) is 5.75 Å². The molecule has 4 N–H and O–H groups in total. The van der Waals surface area contributed by atoms with Crippen LogP contribution in [0.15, 0.2) is 76.4 Å². The maximum Gasteiger partial charge on any atom is 0.419 e. The van der Waals surface area contributed by atoms with Gasteiger partial charge in [0.15, 0.2) is 5.96 Å². The number of amides is 1. The molecule has 44 heavy (non-hydrogen) atoms. The molecule has 0 saturated carbocycles. The second-order valence-electron chi connectivity index (χ2n) is 9.98. The largest absolute Gasteiger partial charge is 0.495 e. The third-order valence-corrected chi connectivity index (χ3v) is 9.11. The highest BCUT2D eigenvalue weighted by Gasteiger charge is 2.35. The first-order valence-electron chi connectivity index (χ1n) is 13.9. The predicted octanol–water partition coefficient (Wildman–Crippen LogP) is 3.43. The molecule has 2 aliphatic heterocycles. The number of ether oxygens (including phenoxy) is 2. The van der Waals surface area contributed by atoms with Crippen LogP contribution in [0.3, 0.4) is 0 Å². The van der Waals surface area contributed by atoms with Gasteiger partial charge in [-0.1, -0.05) is 30.9 Å². The number of halogens is 3. The molecule has 4 rings (SSSR count). The number of likely N-dealkylation sites (tertiary alicyclic amines) is 1. The molecule has 2 heterocycles. The Bertz CT molecular complexity index is 1530. The van der Waals surface area contributed by atoms with E-state index in [0.29, 0.717) is 24.7 Å². The molecule has 2 saturated heterocycles. The number of nitrogens with zero attached hydrogens (tertiary/aromatic N) is 3. The summed E-state index contributed by atoms with van der Waals surface area (Å²) in [4.78, 5) is 18.4. The highest BCUT2D eigenvalue weighted by atomic mass is 32.2. The number of rotatable bonds is 10. The Balaban J connectivity index is 1.60. The van der Waals surface area contributed by atoms with E-state index in [-0.39, 0.29) is 60.7 Å². The number of alkyl halides is 3. The van der Waals surface area contributed by atoms with Crippen LogP contribution in [0.2, 0.25) is 0 Å². The van der Waals surface area contributed by atoms with E-state index in [4.69, 9.17) is 15.2 Å². The average molecular weight is 637 g/mol. The van der Waals surface area contributed by atoms with Crippen molar-refractivity contribution in [3.05, 3.63) is 77.6 Å². The van der Waals surface area contributed by atoms with E-state index in [0.717, 1.165) is 12.8 Å². The molecule has 2 fully saturated rings. The third kappa shape index (κ3) is 7.70. The van der Waals surface area contributed by atoms with Gasteiger partial charge in [0.2, 0.25) is 10.0 Å². The van der Waals surface area contributed by atoms with Crippen LogP contribution in [-0.4, -0.2) is 82.2 Å². The van der Waals surface area contributed by atoms with Crippen molar-refractivity contribution in [1.82, 2.24) is 14.5 Å². The molecule has 1 amide bonds. The Hall–Kier alpha value is -4.08. The maximum atomic E-state index is 14.0. The fourth-order valence-electron chi connectivity index (χ4n) is 4.86. The molecule has 0 unspecified atom stereocenters. The Kier molecular flexibility index (Phi) is 10.5. The Labute approximate surface area is 254 Å². The summed E-state index contributed by atoms with van der Waals surface area (Å²) in [6.07, 6.45) is -2.41. The molecule has 2 aliphatic rings. The Morgan fingerprint density at radius 3 is 2.45 bits per heavy atom. The summed E-state index contributed by atoms with van der Waals surface area (Å²) in [5, 5.41) is 5.32. The molecule has 0 bridgehead atoms. The van der Waals surface area contributed by atoms with Crippen molar-refractivity contribution in [3.8, 4) is 5.75 Å². The normalized spacial score (nSPS) is 17.2. The van der Waals surface area contributed by atoms with Gasteiger partial charge in [-0.15, -0.1) is 0 Å². The minimum atomic E-state index is -4.86. The summed E-state index contributed by atoms with van der Waals surface area (Å²) >= 11 is 0. The van der Waals surface area contributed by atoms with Crippen molar-refractivity contribution < 1.29 is 35.9 Å². The first kappa shape index (κ1) is 32.8. The van der Waals surface area contributed by atoms with Gasteiger partial charge in [-0.05, 0) is 42.7 Å². The van der Waals surface area contributed by atoms with Gasteiger partial charge in [0.1, 0.15) is 11.6 Å². The van der Waals surface area contributed by atoms with Gasteiger partial charge in [-0.2, -0.15) is 22.5 Å². The summed E-state index contributed by atoms with van der Waals surface area (Å²) < 4.78 is 80.5. The minimum absolute atomic E-state index is 0.0516. The molecule has 0 aromatic heterocycles. The highest BCUT2D eigenvalue weighted by molar-refractivity contribution is 7.89. The van der Waals surface area contributed by atoms with Crippen LogP contribution in [0, 0.1) is 0 Å². The second-order valence-corrected chi connectivity index (χ2v) is 11.9. The van der Waals surface area contributed by atoms with Crippen molar-refractivity contribution in [2.24, 2.45) is 10.7 Å². The number of carbonyl (C=O) groups is 1. The van der Waals surface area contributed by atoms with E-state index in [1.165, 1.54) is 41.7 Å². The van der Waals surface area contributed by atoms with Gasteiger partial charge in [-0.3, -0.25) is 4.79 Å². The number of benzene rings is 2. The molecule has 0 radical (unpaired) electrons. The molecule has 0 atom stereocenters. The lowest BCUT2D eigenvalue weighted by Gasteiger charge is -2.27. The second kappa shape index (κ2) is 14.1. The first-order valence-corrected chi connectivity index (χ1v) is 15.3. The van der Waals surface area contributed by atoms with Gasteiger partial charge in [-0.25, -0.2) is 8.42 Å². The molecule has 2 aromatic rings. The van der Waals surface area contributed by atoms with Crippen LogP contribution >= 0.6 is 0 Å². The van der Waals surface area contributed by atoms with Crippen LogP contribution in [0.25, 0.3) is 0 Å². The number of allylic oxidation sites excluding steroid dienone is 2. The maximum absolute atomic E-state index is 14.0. The van der Waals surface area contributed by atoms with Gasteiger partial charge >= 0.3 is 6.18 Å². The van der Waals surface area contributed by atoms with Gasteiger partial charge in [0, 0.05) is 38.3 Å². The Morgan fingerprint density at radius 2 is 1.82 bits per heavy atom. The minimum Gasteiger partial charge on any atom is -0.495 e. The summed E-state index contributed by atoms with van der Waals surface area (Å²) in [6.45, 7) is 5.09. The topological polar surface area (TPSA) is 139 Å². The SMILES string of the molecule is C=C/C(=C(\N=C(N)Nc1ccc(C(=O)N2CCCC2)cc1OC)NCc1ccccc1S(=O)(=O)N1CCOCC1)C(F)(F)F. The monoisotopic (exact) mass is 636 g/mol. The summed E-state index contributed by atoms with van der Waals surface area (Å²) in [6, 6.07) is 10.6. The molecule has 238 valence electrons. The van der Waals surface area contributed by atoms with E-state index < -0.39 is 33.6 Å². The lowest BCUT2D eigenvalue weighted by atomic mass is 10.1. The lowest BCUT2D eigenvalue weighted by Crippen LogP contribution is -2.41. The number of sulfonamides is 1. The number of hydrogen-bond acceptors (Lipinski definition) is 7. The zero-order valence-corrected chi connectivity index (χ0v) is 25.0. The fourth-order valence-corrected chi connectivity index (χ4v) is 6.49. The summed E-state index contributed by atoms with van der Waals surface area (Å²) in [5.74, 6) is -1.04. The molecule has 2 aromatic carbocycles. The smallest absolute Gasteiger partial charge is 0.419 e. The van der Waals surface area contributed by atoms with Crippen molar-refractivity contribution >= 4 is 27.6 Å². The van der Waals surface area contributed by atoms with Gasteiger partial charge < -0.3 is 30.7 Å². The van der Waals surface area contributed by atoms with E-state index >= 15 is 0 Å². The number of methoxy groups -OCH3 is 1. The fraction of sp³-hybridized carbons (Fsp3) is 0.379. The van der Waals surface area contributed by atoms with Crippen LogP contribution in [-0.2, 0) is 21.3 Å². The molecule has 11 nitrogen and oxygen atoms in total. The number of anilines is 1. The zero-order chi connectivity index (χ0) is 31.9. The van der Waals surface area contributed by atoms with Crippen LogP contribution in [0.1, 0.15) is 28.8 Å². The molecule has 15 heteroatoms. The molecule has 0 spiro atoms. The standard InChI is InChI=1S/C29H35F3N6O5S/c1-3-22(29(30,31)32)26(34-19-21-8-4-5-9-25(21)44(40,41)38-14-16-43-17-15-38)36-28(33)35-23-11-10-20(18-24(23)42-2)27(39)37-12-6-7-13-37/h3-5,8-11,18,34H,1,6-7,12-17,19H2,2H3,(H3,33,35,36)/b26-22+.